The van der Waals surface area contributed by atoms with E-state index in [1.165, 1.54) is 0 Å². The standard InChI is InChI=1S/C22H37N3O5/c1-28-11-6-23-20(26)13-19-22-16(12-21(27)24-7-2-3-8-24)14-25(18(22)15-30-19)17-4-9-29-10-5-17/h16-19,22H,2-15H2,1H3,(H,23,26)/t16-,18-,19+,22-/m1/s1. The van der Waals surface area contributed by atoms with Crippen molar-refractivity contribution < 1.29 is 23.8 Å². The van der Waals surface area contributed by atoms with Gasteiger partial charge in [0.25, 0.3) is 0 Å². The summed E-state index contributed by atoms with van der Waals surface area (Å²) in [5.74, 6) is 0.782. The van der Waals surface area contributed by atoms with Crippen molar-refractivity contribution in [2.75, 3.05) is 59.7 Å². The number of nitrogens with zero attached hydrogens (tertiary/aromatic N) is 2. The smallest absolute Gasteiger partial charge is 0.222 e. The third-order valence-electron chi connectivity index (χ3n) is 7.34. The molecular formula is C22H37N3O5. The number of methoxy groups -OCH3 is 1. The molecule has 0 aromatic carbocycles. The van der Waals surface area contributed by atoms with Crippen LogP contribution in [0, 0.1) is 11.8 Å². The Bertz CT molecular complexity index is 591. The minimum atomic E-state index is -0.112. The maximum atomic E-state index is 12.9. The summed E-state index contributed by atoms with van der Waals surface area (Å²) in [7, 11) is 1.63. The van der Waals surface area contributed by atoms with E-state index < -0.39 is 0 Å². The third-order valence-corrected chi connectivity index (χ3v) is 7.34. The Labute approximate surface area is 179 Å². The van der Waals surface area contributed by atoms with Gasteiger partial charge in [-0.3, -0.25) is 14.5 Å². The van der Waals surface area contributed by atoms with E-state index in [1.807, 2.05) is 4.90 Å². The largest absolute Gasteiger partial charge is 0.383 e. The van der Waals surface area contributed by atoms with Crippen LogP contribution < -0.4 is 5.32 Å². The van der Waals surface area contributed by atoms with Gasteiger partial charge in [0.15, 0.2) is 0 Å². The van der Waals surface area contributed by atoms with Crippen LogP contribution in [0.1, 0.15) is 38.5 Å². The molecule has 4 heterocycles. The van der Waals surface area contributed by atoms with E-state index in [0.717, 1.165) is 58.5 Å². The molecule has 4 aliphatic rings. The van der Waals surface area contributed by atoms with Crippen molar-refractivity contribution in [2.45, 2.75) is 56.7 Å². The second kappa shape index (κ2) is 10.4. The molecule has 2 amide bonds. The maximum Gasteiger partial charge on any atom is 0.222 e. The molecule has 0 aromatic rings. The Hall–Kier alpha value is -1.22. The summed E-state index contributed by atoms with van der Waals surface area (Å²) in [6, 6.07) is 0.803. The zero-order valence-corrected chi connectivity index (χ0v) is 18.2. The first kappa shape index (κ1) is 22.0. The molecule has 8 heteroatoms. The van der Waals surface area contributed by atoms with Crippen molar-refractivity contribution in [3.63, 3.8) is 0 Å². The van der Waals surface area contributed by atoms with E-state index in [-0.39, 0.29) is 29.8 Å². The van der Waals surface area contributed by atoms with Crippen LogP contribution in [0.15, 0.2) is 0 Å². The highest BCUT2D eigenvalue weighted by Gasteiger charge is 2.53. The zero-order valence-electron chi connectivity index (χ0n) is 18.2. The summed E-state index contributed by atoms with van der Waals surface area (Å²) >= 11 is 0. The number of rotatable bonds is 8. The molecule has 4 saturated heterocycles. The van der Waals surface area contributed by atoms with E-state index in [1.54, 1.807) is 7.11 Å². The molecule has 4 aliphatic heterocycles. The number of likely N-dealkylation sites (tertiary alicyclic amines) is 2. The van der Waals surface area contributed by atoms with Gasteiger partial charge in [-0.15, -0.1) is 0 Å². The van der Waals surface area contributed by atoms with Crippen molar-refractivity contribution in [1.82, 2.24) is 15.1 Å². The minimum Gasteiger partial charge on any atom is -0.383 e. The summed E-state index contributed by atoms with van der Waals surface area (Å²) in [5, 5.41) is 2.92. The molecule has 30 heavy (non-hydrogen) atoms. The number of fused-ring (bicyclic) bond motifs is 1. The lowest BCUT2D eigenvalue weighted by Gasteiger charge is -2.34. The lowest BCUT2D eigenvalue weighted by atomic mass is 9.84. The Kier molecular flexibility index (Phi) is 7.62. The number of nitrogens with one attached hydrogen (secondary N) is 1. The van der Waals surface area contributed by atoms with Crippen molar-refractivity contribution in [3.05, 3.63) is 0 Å². The summed E-state index contributed by atoms with van der Waals surface area (Å²) in [4.78, 5) is 30.0. The predicted molar refractivity (Wildman–Crippen MR) is 111 cm³/mol. The first-order valence-corrected chi connectivity index (χ1v) is 11.7. The molecule has 0 bridgehead atoms. The van der Waals surface area contributed by atoms with Gasteiger partial charge in [-0.1, -0.05) is 0 Å². The summed E-state index contributed by atoms with van der Waals surface area (Å²) in [5.41, 5.74) is 0. The fourth-order valence-corrected chi connectivity index (χ4v) is 5.85. The molecule has 0 saturated carbocycles. The zero-order chi connectivity index (χ0) is 20.9. The summed E-state index contributed by atoms with van der Waals surface area (Å²) in [6.07, 6.45) is 5.14. The van der Waals surface area contributed by atoms with Crippen molar-refractivity contribution in [1.29, 1.82) is 0 Å². The third kappa shape index (κ3) is 4.98. The topological polar surface area (TPSA) is 80.3 Å². The van der Waals surface area contributed by atoms with Crippen molar-refractivity contribution in [2.24, 2.45) is 11.8 Å². The Balaban J connectivity index is 1.42. The molecule has 0 aliphatic carbocycles. The van der Waals surface area contributed by atoms with Gasteiger partial charge in [0.2, 0.25) is 11.8 Å². The van der Waals surface area contributed by atoms with Gasteiger partial charge in [0.1, 0.15) is 0 Å². The second-order valence-electron chi connectivity index (χ2n) is 9.16. The minimum absolute atomic E-state index is 0.00633. The van der Waals surface area contributed by atoms with E-state index in [9.17, 15) is 9.59 Å². The van der Waals surface area contributed by atoms with Crippen molar-refractivity contribution >= 4 is 11.8 Å². The van der Waals surface area contributed by atoms with Gasteiger partial charge < -0.3 is 24.4 Å². The maximum absolute atomic E-state index is 12.9. The number of ether oxygens (including phenoxy) is 3. The van der Waals surface area contributed by atoms with E-state index in [2.05, 4.69) is 10.2 Å². The van der Waals surface area contributed by atoms with Crippen LogP contribution in [0.4, 0.5) is 0 Å². The molecular weight excluding hydrogens is 386 g/mol. The average Bonchev–Trinajstić information content (AvgIpc) is 3.48. The molecule has 1 N–H and O–H groups in total. The molecule has 0 unspecified atom stereocenters. The van der Waals surface area contributed by atoms with Crippen molar-refractivity contribution in [3.8, 4) is 0 Å². The SMILES string of the molecule is COCCNC(=O)C[C@@H]1OC[C@@H]2[C@H]1[C@H](CC(=O)N1CCCC1)CN2C1CCOCC1. The molecule has 4 fully saturated rings. The van der Waals surface area contributed by atoms with Gasteiger partial charge in [-0.05, 0) is 31.6 Å². The van der Waals surface area contributed by atoms with Crippen LogP contribution in [0.3, 0.4) is 0 Å². The Morgan fingerprint density at radius 3 is 2.63 bits per heavy atom. The highest BCUT2D eigenvalue weighted by Crippen LogP contribution is 2.43. The number of amides is 2. The van der Waals surface area contributed by atoms with E-state index >= 15 is 0 Å². The lowest BCUT2D eigenvalue weighted by Crippen LogP contribution is -2.44. The number of carbonyl (C=O) groups excluding carboxylic acids is 2. The first-order valence-electron chi connectivity index (χ1n) is 11.7. The molecule has 4 rings (SSSR count). The van der Waals surface area contributed by atoms with Crippen LogP contribution in [0.5, 0.6) is 0 Å². The summed E-state index contributed by atoms with van der Waals surface area (Å²) in [6.45, 7) is 6.02. The van der Waals surface area contributed by atoms with E-state index in [0.29, 0.717) is 44.7 Å². The number of carbonyl (C=O) groups is 2. The number of hydrogen-bond donors (Lipinski definition) is 1. The van der Waals surface area contributed by atoms with Gasteiger partial charge in [-0.25, -0.2) is 0 Å². The Morgan fingerprint density at radius 1 is 1.13 bits per heavy atom. The molecule has 0 radical (unpaired) electrons. The predicted octanol–water partition coefficient (Wildman–Crippen LogP) is 0.646. The van der Waals surface area contributed by atoms with Crippen LogP contribution in [0.2, 0.25) is 0 Å². The molecule has 8 nitrogen and oxygen atoms in total. The highest BCUT2D eigenvalue weighted by atomic mass is 16.5. The summed E-state index contributed by atoms with van der Waals surface area (Å²) < 4.78 is 16.8. The number of hydrogen-bond acceptors (Lipinski definition) is 6. The molecule has 0 aromatic heterocycles. The fourth-order valence-electron chi connectivity index (χ4n) is 5.85. The van der Waals surface area contributed by atoms with Crippen LogP contribution in [-0.4, -0.2) is 99.5 Å². The first-order chi connectivity index (χ1) is 14.7. The second-order valence-corrected chi connectivity index (χ2v) is 9.16. The average molecular weight is 424 g/mol. The molecule has 0 spiro atoms. The van der Waals surface area contributed by atoms with Gasteiger partial charge in [0, 0.05) is 70.9 Å². The van der Waals surface area contributed by atoms with Crippen LogP contribution in [-0.2, 0) is 23.8 Å². The van der Waals surface area contributed by atoms with E-state index in [4.69, 9.17) is 14.2 Å². The monoisotopic (exact) mass is 423 g/mol. The normalized spacial score (nSPS) is 32.5. The fraction of sp³-hybridized carbons (Fsp3) is 0.909. The van der Waals surface area contributed by atoms with Crippen LogP contribution >= 0.6 is 0 Å². The van der Waals surface area contributed by atoms with Gasteiger partial charge in [-0.2, -0.15) is 0 Å². The van der Waals surface area contributed by atoms with Gasteiger partial charge in [0.05, 0.1) is 25.7 Å². The highest BCUT2D eigenvalue weighted by molar-refractivity contribution is 5.77. The quantitative estimate of drug-likeness (QED) is 0.578. The molecule has 4 atom stereocenters. The lowest BCUT2D eigenvalue weighted by molar-refractivity contribution is -0.131. The Morgan fingerprint density at radius 2 is 1.90 bits per heavy atom. The van der Waals surface area contributed by atoms with Crippen LogP contribution in [0.25, 0.3) is 0 Å². The van der Waals surface area contributed by atoms with Gasteiger partial charge >= 0.3 is 0 Å². The molecule has 170 valence electrons.